The maximum atomic E-state index is 5.32. The highest BCUT2D eigenvalue weighted by Crippen LogP contribution is 2.22. The standard InChI is InChI=1S/C15H21N5O/c1-11(16-2)9-13-18-15(21-19-13)12-5-6-14(17-10-12)20-7-3-4-8-20/h5-6,10-11,16H,3-4,7-9H2,1-2H3. The van der Waals surface area contributed by atoms with Crippen LogP contribution in [0.5, 0.6) is 0 Å². The third kappa shape index (κ3) is 3.21. The van der Waals surface area contributed by atoms with Gasteiger partial charge in [-0.25, -0.2) is 4.98 Å². The Bertz CT molecular complexity index is 574. The summed E-state index contributed by atoms with van der Waals surface area (Å²) < 4.78 is 5.32. The van der Waals surface area contributed by atoms with E-state index >= 15 is 0 Å². The molecule has 2 aromatic heterocycles. The number of likely N-dealkylation sites (N-methyl/N-ethyl adjacent to an activating group) is 1. The molecular weight excluding hydrogens is 266 g/mol. The Balaban J connectivity index is 1.71. The summed E-state index contributed by atoms with van der Waals surface area (Å²) in [6.07, 6.45) is 5.06. The Labute approximate surface area is 124 Å². The first-order chi connectivity index (χ1) is 10.3. The van der Waals surface area contributed by atoms with Crippen molar-refractivity contribution in [1.29, 1.82) is 0 Å². The second-order valence-electron chi connectivity index (χ2n) is 5.51. The van der Waals surface area contributed by atoms with Gasteiger partial charge in [0.2, 0.25) is 0 Å². The number of aromatic nitrogens is 3. The molecule has 1 unspecified atom stereocenters. The summed E-state index contributed by atoms with van der Waals surface area (Å²) in [5.74, 6) is 2.28. The van der Waals surface area contributed by atoms with Crippen molar-refractivity contribution >= 4 is 5.82 Å². The fourth-order valence-corrected chi connectivity index (χ4v) is 2.48. The summed E-state index contributed by atoms with van der Waals surface area (Å²) in [5, 5.41) is 7.18. The summed E-state index contributed by atoms with van der Waals surface area (Å²) in [5.41, 5.74) is 0.869. The van der Waals surface area contributed by atoms with Crippen LogP contribution < -0.4 is 10.2 Å². The largest absolute Gasteiger partial charge is 0.357 e. The van der Waals surface area contributed by atoms with Crippen LogP contribution in [0, 0.1) is 0 Å². The Morgan fingerprint density at radius 1 is 1.33 bits per heavy atom. The van der Waals surface area contributed by atoms with Gasteiger partial charge in [0.15, 0.2) is 5.82 Å². The van der Waals surface area contributed by atoms with E-state index in [1.54, 1.807) is 0 Å². The summed E-state index contributed by atoms with van der Waals surface area (Å²) in [6.45, 7) is 4.28. The van der Waals surface area contributed by atoms with Crippen LogP contribution in [0.25, 0.3) is 11.5 Å². The van der Waals surface area contributed by atoms with Gasteiger partial charge in [0.05, 0.1) is 5.56 Å². The molecule has 0 radical (unpaired) electrons. The van der Waals surface area contributed by atoms with E-state index < -0.39 is 0 Å². The van der Waals surface area contributed by atoms with Gasteiger partial charge < -0.3 is 14.7 Å². The molecule has 1 saturated heterocycles. The Morgan fingerprint density at radius 3 is 2.81 bits per heavy atom. The van der Waals surface area contributed by atoms with Crippen LogP contribution >= 0.6 is 0 Å². The highest BCUT2D eigenvalue weighted by Gasteiger charge is 2.15. The third-order valence-corrected chi connectivity index (χ3v) is 3.87. The quantitative estimate of drug-likeness (QED) is 0.905. The maximum Gasteiger partial charge on any atom is 0.259 e. The van der Waals surface area contributed by atoms with E-state index in [2.05, 4.69) is 32.3 Å². The van der Waals surface area contributed by atoms with Gasteiger partial charge in [0.25, 0.3) is 5.89 Å². The zero-order valence-electron chi connectivity index (χ0n) is 12.5. The molecule has 0 aliphatic carbocycles. The molecule has 0 bridgehead atoms. The zero-order chi connectivity index (χ0) is 14.7. The minimum atomic E-state index is 0.325. The van der Waals surface area contributed by atoms with E-state index in [-0.39, 0.29) is 0 Å². The van der Waals surface area contributed by atoms with Crippen LogP contribution in [0.4, 0.5) is 5.82 Å². The van der Waals surface area contributed by atoms with E-state index in [0.717, 1.165) is 36.7 Å². The van der Waals surface area contributed by atoms with Gasteiger partial charge in [-0.05, 0) is 38.9 Å². The average molecular weight is 287 g/mol. The molecule has 6 heteroatoms. The van der Waals surface area contributed by atoms with Gasteiger partial charge in [-0.3, -0.25) is 0 Å². The summed E-state index contributed by atoms with van der Waals surface area (Å²) in [4.78, 5) is 11.2. The molecule has 0 amide bonds. The average Bonchev–Trinajstić information content (AvgIpc) is 3.19. The highest BCUT2D eigenvalue weighted by atomic mass is 16.5. The lowest BCUT2D eigenvalue weighted by atomic mass is 10.2. The fourth-order valence-electron chi connectivity index (χ4n) is 2.48. The van der Waals surface area contributed by atoms with Crippen LogP contribution in [0.15, 0.2) is 22.9 Å². The van der Waals surface area contributed by atoms with Gasteiger partial charge in [-0.15, -0.1) is 0 Å². The predicted molar refractivity (Wildman–Crippen MR) is 81.2 cm³/mol. The monoisotopic (exact) mass is 287 g/mol. The van der Waals surface area contributed by atoms with E-state index in [9.17, 15) is 0 Å². The van der Waals surface area contributed by atoms with E-state index in [4.69, 9.17) is 4.52 Å². The first-order valence-electron chi connectivity index (χ1n) is 7.47. The first-order valence-corrected chi connectivity index (χ1v) is 7.47. The van der Waals surface area contributed by atoms with Crippen LogP contribution in [-0.4, -0.2) is 41.3 Å². The molecule has 112 valence electrons. The number of hydrogen-bond acceptors (Lipinski definition) is 6. The molecule has 1 N–H and O–H groups in total. The molecule has 0 spiro atoms. The number of nitrogens with one attached hydrogen (secondary N) is 1. The van der Waals surface area contributed by atoms with Crippen molar-refractivity contribution in [2.75, 3.05) is 25.0 Å². The second kappa shape index (κ2) is 6.22. The van der Waals surface area contributed by atoms with Crippen molar-refractivity contribution in [1.82, 2.24) is 20.4 Å². The van der Waals surface area contributed by atoms with Crippen LogP contribution in [0.2, 0.25) is 0 Å². The van der Waals surface area contributed by atoms with Crippen molar-refractivity contribution in [3.05, 3.63) is 24.2 Å². The van der Waals surface area contributed by atoms with Crippen molar-refractivity contribution < 1.29 is 4.52 Å². The summed E-state index contributed by atoms with van der Waals surface area (Å²) in [7, 11) is 1.92. The number of anilines is 1. The number of rotatable bonds is 5. The number of hydrogen-bond donors (Lipinski definition) is 1. The Kier molecular flexibility index (Phi) is 4.15. The second-order valence-corrected chi connectivity index (χ2v) is 5.51. The van der Waals surface area contributed by atoms with E-state index in [1.807, 2.05) is 25.4 Å². The van der Waals surface area contributed by atoms with Crippen LogP contribution in [0.1, 0.15) is 25.6 Å². The van der Waals surface area contributed by atoms with Gasteiger partial charge in [0, 0.05) is 31.7 Å². The molecule has 1 atom stereocenters. The maximum absolute atomic E-state index is 5.32. The summed E-state index contributed by atoms with van der Waals surface area (Å²) in [6, 6.07) is 4.35. The third-order valence-electron chi connectivity index (χ3n) is 3.87. The highest BCUT2D eigenvalue weighted by molar-refractivity contribution is 5.54. The SMILES string of the molecule is CNC(C)Cc1noc(-c2ccc(N3CCCC3)nc2)n1. The van der Waals surface area contributed by atoms with E-state index in [0.29, 0.717) is 11.9 Å². The first kappa shape index (κ1) is 14.0. The molecule has 0 aromatic carbocycles. The Hall–Kier alpha value is -1.95. The summed E-state index contributed by atoms with van der Waals surface area (Å²) >= 11 is 0. The molecule has 21 heavy (non-hydrogen) atoms. The van der Waals surface area contributed by atoms with Gasteiger partial charge >= 0.3 is 0 Å². The molecule has 2 aromatic rings. The van der Waals surface area contributed by atoms with Crippen molar-refractivity contribution in [3.8, 4) is 11.5 Å². The minimum absolute atomic E-state index is 0.325. The van der Waals surface area contributed by atoms with Crippen LogP contribution in [-0.2, 0) is 6.42 Å². The van der Waals surface area contributed by atoms with E-state index in [1.165, 1.54) is 12.8 Å². The molecule has 1 aliphatic rings. The normalized spacial score (nSPS) is 16.4. The molecule has 3 rings (SSSR count). The number of pyridine rings is 1. The van der Waals surface area contributed by atoms with Crippen molar-refractivity contribution in [2.45, 2.75) is 32.2 Å². The molecule has 1 aliphatic heterocycles. The topological polar surface area (TPSA) is 67.1 Å². The molecular formula is C15H21N5O. The van der Waals surface area contributed by atoms with Gasteiger partial charge in [-0.1, -0.05) is 5.16 Å². The predicted octanol–water partition coefficient (Wildman–Crippen LogP) is 1.88. The van der Waals surface area contributed by atoms with Gasteiger partial charge in [0.1, 0.15) is 5.82 Å². The smallest absolute Gasteiger partial charge is 0.259 e. The molecule has 1 fully saturated rings. The molecule has 3 heterocycles. The molecule has 6 nitrogen and oxygen atoms in total. The lowest BCUT2D eigenvalue weighted by molar-refractivity contribution is 0.418. The van der Waals surface area contributed by atoms with Gasteiger partial charge in [-0.2, -0.15) is 4.98 Å². The Morgan fingerprint density at radius 2 is 2.14 bits per heavy atom. The zero-order valence-corrected chi connectivity index (χ0v) is 12.5. The van der Waals surface area contributed by atoms with Crippen molar-refractivity contribution in [2.24, 2.45) is 0 Å². The number of nitrogens with zero attached hydrogens (tertiary/aromatic N) is 4. The molecule has 0 saturated carbocycles. The lowest BCUT2D eigenvalue weighted by Crippen LogP contribution is -2.24. The van der Waals surface area contributed by atoms with Crippen LogP contribution in [0.3, 0.4) is 0 Å². The van der Waals surface area contributed by atoms with Crippen molar-refractivity contribution in [3.63, 3.8) is 0 Å². The minimum Gasteiger partial charge on any atom is -0.357 e. The fraction of sp³-hybridized carbons (Fsp3) is 0.533. The lowest BCUT2D eigenvalue weighted by Gasteiger charge is -2.15.